The quantitative estimate of drug-likeness (QED) is 0.506. The summed E-state index contributed by atoms with van der Waals surface area (Å²) in [7, 11) is 0. The van der Waals surface area contributed by atoms with Gasteiger partial charge < -0.3 is 24.4 Å². The van der Waals surface area contributed by atoms with Gasteiger partial charge in [0.15, 0.2) is 0 Å². The highest BCUT2D eigenvalue weighted by atomic mass is 19.4. The Bertz CT molecular complexity index is 857. The number of pyridine rings is 1. The largest absolute Gasteiger partial charge is 0.490 e. The molecule has 2 N–H and O–H groups in total. The summed E-state index contributed by atoms with van der Waals surface area (Å²) in [6, 6.07) is 4.22. The molecule has 0 bridgehead atoms. The number of rotatable bonds is 6. The lowest BCUT2D eigenvalue weighted by Gasteiger charge is -2.29. The van der Waals surface area contributed by atoms with Crippen molar-refractivity contribution in [1.29, 1.82) is 0 Å². The van der Waals surface area contributed by atoms with Gasteiger partial charge in [0, 0.05) is 63.2 Å². The fourth-order valence-electron chi connectivity index (χ4n) is 4.36. The second kappa shape index (κ2) is 14.1. The predicted octanol–water partition coefficient (Wildman–Crippen LogP) is 3.24. The molecule has 38 heavy (non-hydrogen) atoms. The number of aliphatic carboxylic acids is 2. The number of hydrogen-bond acceptors (Lipinski definition) is 7. The molecule has 3 aliphatic heterocycles. The summed E-state index contributed by atoms with van der Waals surface area (Å²) in [5.41, 5.74) is 1.53. The summed E-state index contributed by atoms with van der Waals surface area (Å²) in [5.74, 6) is -4.24. The number of carboxylic acids is 2. The molecule has 3 aliphatic rings. The first kappa shape index (κ1) is 31.7. The van der Waals surface area contributed by atoms with Gasteiger partial charge in [-0.1, -0.05) is 0 Å². The van der Waals surface area contributed by atoms with Gasteiger partial charge in [0.1, 0.15) is 0 Å². The van der Waals surface area contributed by atoms with E-state index in [-0.39, 0.29) is 5.41 Å². The fourth-order valence-corrected chi connectivity index (χ4v) is 4.36. The molecule has 4 rings (SSSR count). The van der Waals surface area contributed by atoms with E-state index in [1.54, 1.807) is 0 Å². The number of nitrogens with zero attached hydrogens (tertiary/aromatic N) is 2. The number of hydrogen-bond donors (Lipinski definition) is 2. The van der Waals surface area contributed by atoms with E-state index in [0.717, 1.165) is 72.1 Å². The van der Waals surface area contributed by atoms with E-state index in [1.807, 2.05) is 12.4 Å². The fraction of sp³-hybridized carbons (Fsp3) is 0.696. The van der Waals surface area contributed by atoms with Gasteiger partial charge in [-0.15, -0.1) is 0 Å². The van der Waals surface area contributed by atoms with Crippen LogP contribution in [-0.2, 0) is 30.3 Å². The van der Waals surface area contributed by atoms with Crippen molar-refractivity contribution in [2.45, 2.75) is 31.7 Å². The van der Waals surface area contributed by atoms with Crippen molar-refractivity contribution in [2.24, 2.45) is 17.3 Å². The molecule has 216 valence electrons. The number of halogens is 6. The smallest absolute Gasteiger partial charge is 0.475 e. The second-order valence-electron chi connectivity index (χ2n) is 9.28. The maximum Gasteiger partial charge on any atom is 0.490 e. The first-order valence-corrected chi connectivity index (χ1v) is 11.7. The third-order valence-electron chi connectivity index (χ3n) is 6.32. The minimum absolute atomic E-state index is 0.193. The third-order valence-corrected chi connectivity index (χ3v) is 6.32. The summed E-state index contributed by atoms with van der Waals surface area (Å²) < 4.78 is 80.9. The highest BCUT2D eigenvalue weighted by Crippen LogP contribution is 2.42. The molecular formula is C23H30F6N2O7. The molecule has 0 radical (unpaired) electrons. The molecule has 15 heteroatoms. The van der Waals surface area contributed by atoms with E-state index in [9.17, 15) is 26.3 Å². The summed E-state index contributed by atoms with van der Waals surface area (Å²) in [6.45, 7) is 8.42. The molecule has 0 aromatic carbocycles. The molecular weight excluding hydrogens is 530 g/mol. The molecule has 0 amide bonds. The average Bonchev–Trinajstić information content (AvgIpc) is 3.36. The molecule has 0 saturated carbocycles. The molecule has 2 atom stereocenters. The zero-order valence-electron chi connectivity index (χ0n) is 20.3. The van der Waals surface area contributed by atoms with Gasteiger partial charge in [0.05, 0.1) is 19.8 Å². The lowest BCUT2D eigenvalue weighted by Crippen LogP contribution is -2.36. The minimum atomic E-state index is -5.08. The van der Waals surface area contributed by atoms with Crippen LogP contribution in [0.5, 0.6) is 0 Å². The maximum atomic E-state index is 10.6. The van der Waals surface area contributed by atoms with Gasteiger partial charge in [0.2, 0.25) is 0 Å². The number of fused-ring (bicyclic) bond motifs is 1. The summed E-state index contributed by atoms with van der Waals surface area (Å²) in [5, 5.41) is 14.2. The Morgan fingerprint density at radius 2 is 1.58 bits per heavy atom. The van der Waals surface area contributed by atoms with E-state index in [0.29, 0.717) is 11.8 Å². The molecule has 3 saturated heterocycles. The van der Waals surface area contributed by atoms with Gasteiger partial charge in [-0.3, -0.25) is 9.88 Å². The van der Waals surface area contributed by atoms with Gasteiger partial charge in [-0.2, -0.15) is 26.3 Å². The van der Waals surface area contributed by atoms with Crippen molar-refractivity contribution in [1.82, 2.24) is 9.88 Å². The van der Waals surface area contributed by atoms with Crippen LogP contribution < -0.4 is 0 Å². The van der Waals surface area contributed by atoms with Crippen molar-refractivity contribution in [3.63, 3.8) is 0 Å². The number of likely N-dealkylation sites (tertiary alicyclic amines) is 1. The van der Waals surface area contributed by atoms with Gasteiger partial charge in [0.25, 0.3) is 0 Å². The van der Waals surface area contributed by atoms with Crippen LogP contribution in [0.4, 0.5) is 26.3 Å². The van der Waals surface area contributed by atoms with Crippen molar-refractivity contribution in [2.75, 3.05) is 52.7 Å². The van der Waals surface area contributed by atoms with Crippen LogP contribution >= 0.6 is 0 Å². The Morgan fingerprint density at radius 3 is 2.11 bits per heavy atom. The highest BCUT2D eigenvalue weighted by molar-refractivity contribution is 5.73. The lowest BCUT2D eigenvalue weighted by atomic mass is 9.82. The van der Waals surface area contributed by atoms with Gasteiger partial charge in [-0.05, 0) is 36.5 Å². The molecule has 0 spiro atoms. The molecule has 1 aromatic rings. The average molecular weight is 560 g/mol. The van der Waals surface area contributed by atoms with Crippen LogP contribution in [-0.4, -0.2) is 97.1 Å². The molecule has 0 unspecified atom stereocenters. The van der Waals surface area contributed by atoms with E-state index in [2.05, 4.69) is 22.0 Å². The van der Waals surface area contributed by atoms with E-state index in [1.165, 1.54) is 5.56 Å². The normalized spacial score (nSPS) is 24.0. The minimum Gasteiger partial charge on any atom is -0.475 e. The van der Waals surface area contributed by atoms with Crippen LogP contribution in [0, 0.1) is 17.3 Å². The zero-order valence-corrected chi connectivity index (χ0v) is 20.3. The first-order valence-electron chi connectivity index (χ1n) is 11.7. The Kier molecular flexibility index (Phi) is 11.7. The SMILES string of the molecule is O=C(O)C(F)(F)F.O=C(O)C(F)(F)F.c1cc(CN2C[C@@H]3COC[C@]3(COCC3CCOCC3)C2)ccn1. The van der Waals surface area contributed by atoms with Crippen molar-refractivity contribution in [3.05, 3.63) is 30.1 Å². The number of ether oxygens (including phenoxy) is 3. The van der Waals surface area contributed by atoms with Crippen molar-refractivity contribution in [3.8, 4) is 0 Å². The summed E-state index contributed by atoms with van der Waals surface area (Å²) >= 11 is 0. The van der Waals surface area contributed by atoms with Crippen molar-refractivity contribution < 1.29 is 60.4 Å². The standard InChI is InChI=1S/C19H28N2O3.2C2HF3O2/c1-5-20-6-2-16(1)9-21-10-18-12-24-15-19(18,13-21)14-23-11-17-3-7-22-8-4-17;2*3-2(4,5)1(6)7/h1-2,5-6,17-18H,3-4,7-15H2;2*(H,6,7)/t18-,19-;;/m1../s1. The van der Waals surface area contributed by atoms with E-state index < -0.39 is 24.3 Å². The van der Waals surface area contributed by atoms with Crippen molar-refractivity contribution >= 4 is 11.9 Å². The molecule has 3 fully saturated rings. The Morgan fingerprint density at radius 1 is 1.03 bits per heavy atom. The Labute approximate surface area is 214 Å². The van der Waals surface area contributed by atoms with Gasteiger partial charge >= 0.3 is 24.3 Å². The van der Waals surface area contributed by atoms with E-state index in [4.69, 9.17) is 34.0 Å². The summed E-state index contributed by atoms with van der Waals surface area (Å²) in [4.78, 5) is 24.5. The second-order valence-corrected chi connectivity index (χ2v) is 9.28. The Balaban J connectivity index is 0.000000301. The summed E-state index contributed by atoms with van der Waals surface area (Å²) in [6.07, 6.45) is -4.13. The molecule has 4 heterocycles. The number of aromatic nitrogens is 1. The van der Waals surface area contributed by atoms with Crippen LogP contribution in [0.15, 0.2) is 24.5 Å². The predicted molar refractivity (Wildman–Crippen MR) is 118 cm³/mol. The topological polar surface area (TPSA) is 118 Å². The zero-order chi connectivity index (χ0) is 28.4. The molecule has 0 aliphatic carbocycles. The molecule has 9 nitrogen and oxygen atoms in total. The number of carbonyl (C=O) groups is 2. The monoisotopic (exact) mass is 560 g/mol. The highest BCUT2D eigenvalue weighted by Gasteiger charge is 2.50. The lowest BCUT2D eigenvalue weighted by molar-refractivity contribution is -0.193. The number of carboxylic acid groups (broad SMARTS) is 2. The van der Waals surface area contributed by atoms with Crippen LogP contribution in [0.3, 0.4) is 0 Å². The first-order chi connectivity index (χ1) is 17.7. The molecule has 1 aromatic heterocycles. The van der Waals surface area contributed by atoms with Crippen LogP contribution in [0.25, 0.3) is 0 Å². The number of alkyl halides is 6. The third kappa shape index (κ3) is 10.3. The van der Waals surface area contributed by atoms with E-state index >= 15 is 0 Å². The van der Waals surface area contributed by atoms with Gasteiger partial charge in [-0.25, -0.2) is 9.59 Å². The Hall–Kier alpha value is -2.49. The van der Waals surface area contributed by atoms with Crippen LogP contribution in [0.1, 0.15) is 18.4 Å². The van der Waals surface area contributed by atoms with Crippen LogP contribution in [0.2, 0.25) is 0 Å². The maximum absolute atomic E-state index is 10.6.